The summed E-state index contributed by atoms with van der Waals surface area (Å²) in [6.45, 7) is 3.57. The summed E-state index contributed by atoms with van der Waals surface area (Å²) in [7, 11) is 0. The first kappa shape index (κ1) is 23.4. The normalized spacial score (nSPS) is 12.2. The first-order chi connectivity index (χ1) is 12.7. The number of benzene rings is 2. The van der Waals surface area contributed by atoms with E-state index in [0.717, 1.165) is 3.57 Å². The number of ether oxygens (including phenoxy) is 1. The third kappa shape index (κ3) is 8.27. The minimum absolute atomic E-state index is 0.00438. The second kappa shape index (κ2) is 11.3. The Kier molecular flexibility index (Phi) is 9.75. The zero-order valence-electron chi connectivity index (χ0n) is 14.6. The average molecular weight is 551 g/mol. The number of esters is 1. The van der Waals surface area contributed by atoms with E-state index in [1.807, 2.05) is 12.1 Å². The van der Waals surface area contributed by atoms with Crippen molar-refractivity contribution in [2.24, 2.45) is 0 Å². The summed E-state index contributed by atoms with van der Waals surface area (Å²) in [5, 5.41) is 10.7. The van der Waals surface area contributed by atoms with Crippen molar-refractivity contribution in [3.63, 3.8) is 0 Å². The third-order valence-electron chi connectivity index (χ3n) is 2.96. The van der Waals surface area contributed by atoms with Crippen LogP contribution in [0.3, 0.4) is 0 Å². The van der Waals surface area contributed by atoms with E-state index in [4.69, 9.17) is 14.1 Å². The van der Waals surface area contributed by atoms with Gasteiger partial charge in [-0.15, -0.1) is 0 Å². The molecule has 0 radical (unpaired) electrons. The fraction of sp³-hybridized carbons (Fsp3) is 0.176. The first-order valence-corrected chi connectivity index (χ1v) is 12.0. The molecule has 0 aliphatic rings. The summed E-state index contributed by atoms with van der Waals surface area (Å²) < 4.78 is 29.7. The molecule has 1 atom stereocenters. The molecule has 0 bridgehead atoms. The molecule has 0 saturated carbocycles. The van der Waals surface area contributed by atoms with E-state index in [-0.39, 0.29) is 16.2 Å². The number of halogens is 1. The predicted molar refractivity (Wildman–Crippen MR) is 108 cm³/mol. The largest absolute Gasteiger partial charge is 0.462 e. The van der Waals surface area contributed by atoms with Crippen LogP contribution in [0.15, 0.2) is 48.5 Å². The van der Waals surface area contributed by atoms with Gasteiger partial charge in [-0.1, -0.05) is 6.07 Å². The summed E-state index contributed by atoms with van der Waals surface area (Å²) in [5.41, 5.74) is 1.11. The van der Waals surface area contributed by atoms with Crippen molar-refractivity contribution in [2.45, 2.75) is 13.8 Å². The van der Waals surface area contributed by atoms with Gasteiger partial charge in [0.1, 0.15) is 0 Å². The Morgan fingerprint density at radius 1 is 1.19 bits per heavy atom. The van der Waals surface area contributed by atoms with Crippen molar-refractivity contribution in [1.82, 2.24) is 0 Å². The monoisotopic (exact) mass is 551 g/mol. The van der Waals surface area contributed by atoms with Crippen LogP contribution in [-0.4, -0.2) is 42.0 Å². The van der Waals surface area contributed by atoms with Crippen LogP contribution in [-0.2, 0) is 17.1 Å². The minimum Gasteiger partial charge on any atom is -0.462 e. The fourth-order valence-corrected chi connectivity index (χ4v) is 3.66. The van der Waals surface area contributed by atoms with Crippen LogP contribution in [0.1, 0.15) is 24.2 Å². The van der Waals surface area contributed by atoms with Gasteiger partial charge in [0.15, 0.2) is 0 Å². The summed E-state index contributed by atoms with van der Waals surface area (Å²) >= 11 is -2.60. The molecule has 146 valence electrons. The molecule has 0 aliphatic carbocycles. The van der Waals surface area contributed by atoms with E-state index in [1.54, 1.807) is 19.1 Å². The zero-order chi connectivity index (χ0) is 20.4. The molecule has 0 saturated heterocycles. The molecule has 2 aromatic rings. The van der Waals surface area contributed by atoms with Crippen LogP contribution >= 0.6 is 22.6 Å². The summed E-state index contributed by atoms with van der Waals surface area (Å²) in [5.74, 6) is -0.491. The van der Waals surface area contributed by atoms with Crippen molar-refractivity contribution < 1.29 is 31.3 Å². The zero-order valence-corrected chi connectivity index (χ0v) is 18.6. The molecule has 27 heavy (non-hydrogen) atoms. The number of amides is 1. The fourth-order valence-electron chi connectivity index (χ4n) is 1.81. The quantitative estimate of drug-likeness (QED) is 0.171. The minimum atomic E-state index is -4.76. The summed E-state index contributed by atoms with van der Waals surface area (Å²) in [4.78, 5) is 21.8. The van der Waals surface area contributed by atoms with E-state index in [9.17, 15) is 13.3 Å². The van der Waals surface area contributed by atoms with Gasteiger partial charge in [-0.3, -0.25) is 0 Å². The third-order valence-corrected chi connectivity index (χ3v) is 6.09. The van der Waals surface area contributed by atoms with Crippen LogP contribution in [0.4, 0.5) is 5.69 Å². The van der Waals surface area contributed by atoms with E-state index < -0.39 is 14.2 Å². The van der Waals surface area contributed by atoms with Gasteiger partial charge in [0.05, 0.1) is 12.2 Å². The molecule has 1 unspecified atom stereocenters. The standard InChI is InChI=1S/C9H9IO2.C8H10AsNO5/c1-2-12-9(11)7-4-3-5-8(10)6-7;1-6(11)10-8-4-2-7(3-5-8)9(12,13)15-14/h3-6H,2H2,1H3;2-5,14H,1H3,(H,10,11)(H,12,13). The number of hydrogen-bond donors (Lipinski definition) is 3. The Balaban J connectivity index is 0.000000277. The van der Waals surface area contributed by atoms with Crippen molar-refractivity contribution in [1.29, 1.82) is 0 Å². The van der Waals surface area contributed by atoms with Crippen LogP contribution in [0.25, 0.3) is 0 Å². The molecule has 1 amide bonds. The summed E-state index contributed by atoms with van der Waals surface area (Å²) in [6, 6.07) is 12.8. The Bertz CT molecular complexity index is 826. The number of nitrogens with one attached hydrogen (secondary N) is 1. The van der Waals surface area contributed by atoms with Crippen molar-refractivity contribution in [2.75, 3.05) is 11.9 Å². The number of carbonyl (C=O) groups excluding carboxylic acids is 2. The number of rotatable bonds is 5. The smallest absolute Gasteiger partial charge is 0.338 e. The van der Waals surface area contributed by atoms with Crippen LogP contribution < -0.4 is 9.67 Å². The Morgan fingerprint density at radius 3 is 2.30 bits per heavy atom. The van der Waals surface area contributed by atoms with E-state index in [1.165, 1.54) is 31.2 Å². The van der Waals surface area contributed by atoms with Crippen LogP contribution in [0, 0.1) is 3.57 Å². The Morgan fingerprint density at radius 2 is 1.81 bits per heavy atom. The maximum atomic E-state index is 11.2. The van der Waals surface area contributed by atoms with Crippen molar-refractivity contribution in [3.8, 4) is 0 Å². The molecule has 0 aliphatic heterocycles. The molecule has 0 fully saturated rings. The summed E-state index contributed by atoms with van der Waals surface area (Å²) in [6.07, 6.45) is 0. The molecule has 8 nitrogen and oxygen atoms in total. The Labute approximate surface area is 172 Å². The van der Waals surface area contributed by atoms with Gasteiger partial charge in [-0.2, -0.15) is 0 Å². The first-order valence-electron chi connectivity index (χ1n) is 7.66. The van der Waals surface area contributed by atoms with Gasteiger partial charge < -0.3 is 4.74 Å². The molecule has 0 spiro atoms. The maximum Gasteiger partial charge on any atom is 0.338 e. The van der Waals surface area contributed by atoms with Crippen molar-refractivity contribution in [3.05, 3.63) is 57.7 Å². The van der Waals surface area contributed by atoms with Gasteiger partial charge in [0.2, 0.25) is 0 Å². The van der Waals surface area contributed by atoms with E-state index >= 15 is 0 Å². The van der Waals surface area contributed by atoms with E-state index in [0.29, 0.717) is 17.9 Å². The van der Waals surface area contributed by atoms with Crippen LogP contribution in [0.2, 0.25) is 0 Å². The van der Waals surface area contributed by atoms with Crippen LogP contribution in [0.5, 0.6) is 0 Å². The second-order valence-electron chi connectivity index (χ2n) is 5.06. The number of anilines is 1. The maximum absolute atomic E-state index is 11.2. The SMILES string of the molecule is CC(=O)Nc1ccc([As](=O)(O)OO)cc1.CCOC(=O)c1cccc(I)c1. The topological polar surface area (TPSA) is 122 Å². The van der Waals surface area contributed by atoms with Gasteiger partial charge in [0.25, 0.3) is 0 Å². The van der Waals surface area contributed by atoms with Gasteiger partial charge in [0, 0.05) is 3.57 Å². The molecule has 0 aromatic heterocycles. The molecular formula is C17H19AsINO7. The van der Waals surface area contributed by atoms with Gasteiger partial charge >= 0.3 is 94.4 Å². The number of carbonyl (C=O) groups is 2. The molecule has 2 aromatic carbocycles. The van der Waals surface area contributed by atoms with E-state index in [2.05, 4.69) is 31.8 Å². The van der Waals surface area contributed by atoms with Gasteiger partial charge in [-0.05, 0) is 47.7 Å². The Hall–Kier alpha value is -1.65. The molecule has 3 N–H and O–H groups in total. The van der Waals surface area contributed by atoms with Crippen molar-refractivity contribution >= 4 is 58.7 Å². The second-order valence-corrected chi connectivity index (χ2v) is 9.92. The molecule has 2 rings (SSSR count). The molecule has 10 heteroatoms. The molecular weight excluding hydrogens is 532 g/mol. The predicted octanol–water partition coefficient (Wildman–Crippen LogP) is 2.17. The molecule has 0 heterocycles. The number of hydrogen-bond acceptors (Lipinski definition) is 6. The average Bonchev–Trinajstić information content (AvgIpc) is 2.62. The van der Waals surface area contributed by atoms with Gasteiger partial charge in [-0.25, -0.2) is 4.79 Å².